The zero-order chi connectivity index (χ0) is 14.6. The summed E-state index contributed by atoms with van der Waals surface area (Å²) in [6.07, 6.45) is 1.00. The summed E-state index contributed by atoms with van der Waals surface area (Å²) in [6, 6.07) is 4.32. The van der Waals surface area contributed by atoms with E-state index in [-0.39, 0.29) is 11.8 Å². The largest absolute Gasteiger partial charge is 0.333 e. The van der Waals surface area contributed by atoms with Crippen LogP contribution in [-0.2, 0) is 17.9 Å². The van der Waals surface area contributed by atoms with E-state index in [2.05, 4.69) is 33.8 Å². The molecule has 6 heteroatoms. The van der Waals surface area contributed by atoms with Gasteiger partial charge in [0.1, 0.15) is 5.82 Å². The Morgan fingerprint density at radius 1 is 1.29 bits per heavy atom. The molecule has 1 aliphatic heterocycles. The van der Waals surface area contributed by atoms with Crippen molar-refractivity contribution in [3.05, 3.63) is 33.5 Å². The Kier molecular flexibility index (Phi) is 2.89. The van der Waals surface area contributed by atoms with Crippen LogP contribution in [0.3, 0.4) is 0 Å². The van der Waals surface area contributed by atoms with Crippen LogP contribution in [-0.4, -0.2) is 32.1 Å². The fourth-order valence-corrected chi connectivity index (χ4v) is 4.22. The van der Waals surface area contributed by atoms with Crippen LogP contribution in [0.2, 0.25) is 0 Å². The van der Waals surface area contributed by atoms with Crippen LogP contribution >= 0.6 is 11.3 Å². The summed E-state index contributed by atoms with van der Waals surface area (Å²) in [6.45, 7) is 6.27. The number of rotatable bonds is 2. The maximum absolute atomic E-state index is 12.6. The van der Waals surface area contributed by atoms with Crippen LogP contribution in [0.1, 0.15) is 33.7 Å². The van der Waals surface area contributed by atoms with E-state index in [0.29, 0.717) is 12.5 Å². The lowest BCUT2D eigenvalue weighted by Gasteiger charge is -2.27. The summed E-state index contributed by atoms with van der Waals surface area (Å²) in [5, 5.41) is 8.26. The Balaban J connectivity index is 1.45. The molecule has 1 fully saturated rings. The van der Waals surface area contributed by atoms with Gasteiger partial charge in [-0.05, 0) is 32.4 Å². The molecule has 1 aliphatic carbocycles. The van der Waals surface area contributed by atoms with E-state index in [1.165, 1.54) is 9.75 Å². The van der Waals surface area contributed by atoms with Crippen LogP contribution < -0.4 is 0 Å². The lowest BCUT2D eigenvalue weighted by molar-refractivity contribution is -0.134. The third kappa shape index (κ3) is 2.18. The maximum Gasteiger partial charge on any atom is 0.226 e. The minimum absolute atomic E-state index is 0.179. The van der Waals surface area contributed by atoms with Crippen molar-refractivity contribution in [3.8, 4) is 0 Å². The van der Waals surface area contributed by atoms with Gasteiger partial charge in [0.05, 0.1) is 6.54 Å². The molecule has 1 saturated carbocycles. The van der Waals surface area contributed by atoms with Crippen LogP contribution in [0.5, 0.6) is 0 Å². The Hall–Kier alpha value is -1.69. The predicted molar refractivity (Wildman–Crippen MR) is 80.1 cm³/mol. The van der Waals surface area contributed by atoms with Crippen molar-refractivity contribution in [2.24, 2.45) is 5.92 Å². The molecule has 5 nitrogen and oxygen atoms in total. The monoisotopic (exact) mass is 302 g/mol. The molecule has 0 bridgehead atoms. The Labute approximate surface area is 127 Å². The normalized spacial score (nSPS) is 24.0. The van der Waals surface area contributed by atoms with E-state index in [1.54, 1.807) is 0 Å². The highest BCUT2D eigenvalue weighted by atomic mass is 32.1. The predicted octanol–water partition coefficient (Wildman–Crippen LogP) is 2.10. The van der Waals surface area contributed by atoms with E-state index < -0.39 is 0 Å². The second-order valence-corrected chi connectivity index (χ2v) is 7.29. The molecule has 0 radical (unpaired) electrons. The van der Waals surface area contributed by atoms with Crippen molar-refractivity contribution in [1.82, 2.24) is 19.7 Å². The Morgan fingerprint density at radius 2 is 2.14 bits per heavy atom. The van der Waals surface area contributed by atoms with Crippen molar-refractivity contribution in [2.45, 2.75) is 39.3 Å². The maximum atomic E-state index is 12.6. The Bertz CT molecular complexity index is 704. The van der Waals surface area contributed by atoms with Crippen molar-refractivity contribution in [1.29, 1.82) is 0 Å². The highest BCUT2D eigenvalue weighted by Gasteiger charge is 2.47. The minimum Gasteiger partial charge on any atom is -0.333 e. The molecule has 0 saturated heterocycles. The highest BCUT2D eigenvalue weighted by Crippen LogP contribution is 2.50. The molecule has 0 N–H and O–H groups in total. The molecule has 110 valence electrons. The van der Waals surface area contributed by atoms with Gasteiger partial charge in [-0.3, -0.25) is 4.79 Å². The zero-order valence-electron chi connectivity index (χ0n) is 12.2. The molecule has 1 amide bonds. The fraction of sp³-hybridized carbons (Fsp3) is 0.533. The second-order valence-electron chi connectivity index (χ2n) is 5.97. The van der Waals surface area contributed by atoms with Gasteiger partial charge < -0.3 is 9.47 Å². The number of carbonyl (C=O) groups excluding carboxylic acids is 1. The molecule has 2 aromatic heterocycles. The highest BCUT2D eigenvalue weighted by molar-refractivity contribution is 7.12. The molecule has 2 aromatic rings. The number of aryl methyl sites for hydroxylation is 2. The number of thiophene rings is 1. The van der Waals surface area contributed by atoms with Crippen LogP contribution in [0.15, 0.2) is 12.1 Å². The van der Waals surface area contributed by atoms with Gasteiger partial charge in [0.25, 0.3) is 0 Å². The second kappa shape index (κ2) is 4.66. The number of amides is 1. The topological polar surface area (TPSA) is 51.0 Å². The van der Waals surface area contributed by atoms with E-state index in [4.69, 9.17) is 0 Å². The molecular weight excluding hydrogens is 284 g/mol. The number of hydrogen-bond donors (Lipinski definition) is 0. The molecule has 3 heterocycles. The molecule has 0 aromatic carbocycles. The SMILES string of the molecule is Cc1ccc([C@@H]2C[C@@H]2C(=O)N2CCn3c(C)nnc3C2)s1. The average Bonchev–Trinajstić information content (AvgIpc) is 3.04. The van der Waals surface area contributed by atoms with Crippen molar-refractivity contribution < 1.29 is 4.79 Å². The summed E-state index contributed by atoms with van der Waals surface area (Å²) in [5.41, 5.74) is 0. The van der Waals surface area contributed by atoms with E-state index >= 15 is 0 Å². The van der Waals surface area contributed by atoms with E-state index in [9.17, 15) is 4.79 Å². The van der Waals surface area contributed by atoms with Crippen LogP contribution in [0.4, 0.5) is 0 Å². The zero-order valence-corrected chi connectivity index (χ0v) is 13.1. The average molecular weight is 302 g/mol. The van der Waals surface area contributed by atoms with Gasteiger partial charge in [0.15, 0.2) is 5.82 Å². The van der Waals surface area contributed by atoms with Crippen molar-refractivity contribution in [2.75, 3.05) is 6.54 Å². The van der Waals surface area contributed by atoms with Crippen molar-refractivity contribution in [3.63, 3.8) is 0 Å². The first-order valence-corrected chi connectivity index (χ1v) is 8.19. The molecule has 2 aliphatic rings. The first-order valence-electron chi connectivity index (χ1n) is 7.37. The summed E-state index contributed by atoms with van der Waals surface area (Å²) < 4.78 is 2.11. The molecule has 4 rings (SSSR count). The quantitative estimate of drug-likeness (QED) is 0.853. The summed E-state index contributed by atoms with van der Waals surface area (Å²) in [4.78, 5) is 17.3. The van der Waals surface area contributed by atoms with Gasteiger partial charge in [-0.25, -0.2) is 0 Å². The first-order chi connectivity index (χ1) is 10.1. The summed E-state index contributed by atoms with van der Waals surface area (Å²) in [7, 11) is 0. The summed E-state index contributed by atoms with van der Waals surface area (Å²) >= 11 is 1.82. The van der Waals surface area contributed by atoms with Gasteiger partial charge in [0, 0.05) is 34.7 Å². The standard InChI is InChI=1S/C15H18N4OS/c1-9-3-4-13(21-9)11-7-12(11)15(20)18-5-6-19-10(2)16-17-14(19)8-18/h3-4,11-12H,5-8H2,1-2H3/t11-,12+/m1/s1. The van der Waals surface area contributed by atoms with Gasteiger partial charge in [-0.2, -0.15) is 0 Å². The molecule has 0 unspecified atom stereocenters. The molecule has 2 atom stereocenters. The van der Waals surface area contributed by atoms with E-state index in [1.807, 2.05) is 23.2 Å². The smallest absolute Gasteiger partial charge is 0.226 e. The van der Waals surface area contributed by atoms with E-state index in [0.717, 1.165) is 31.2 Å². The molecule has 0 spiro atoms. The Morgan fingerprint density at radius 3 is 2.90 bits per heavy atom. The lowest BCUT2D eigenvalue weighted by atomic mass is 10.2. The van der Waals surface area contributed by atoms with Gasteiger partial charge in [0.2, 0.25) is 5.91 Å². The summed E-state index contributed by atoms with van der Waals surface area (Å²) in [5.74, 6) is 2.76. The fourth-order valence-electron chi connectivity index (χ4n) is 3.16. The molecule has 21 heavy (non-hydrogen) atoms. The number of carbonyl (C=O) groups is 1. The van der Waals surface area contributed by atoms with Gasteiger partial charge >= 0.3 is 0 Å². The first kappa shape index (κ1) is 13.0. The number of fused-ring (bicyclic) bond motifs is 1. The lowest BCUT2D eigenvalue weighted by Crippen LogP contribution is -2.39. The number of aromatic nitrogens is 3. The van der Waals surface area contributed by atoms with Crippen molar-refractivity contribution >= 4 is 17.2 Å². The number of nitrogens with zero attached hydrogens (tertiary/aromatic N) is 4. The third-order valence-electron chi connectivity index (χ3n) is 4.48. The number of hydrogen-bond acceptors (Lipinski definition) is 4. The van der Waals surface area contributed by atoms with Gasteiger partial charge in [-0.15, -0.1) is 21.5 Å². The minimum atomic E-state index is 0.179. The third-order valence-corrected chi connectivity index (χ3v) is 5.62. The van der Waals surface area contributed by atoms with Crippen LogP contribution in [0.25, 0.3) is 0 Å². The molecular formula is C15H18N4OS. The van der Waals surface area contributed by atoms with Gasteiger partial charge in [-0.1, -0.05) is 0 Å². The van der Waals surface area contributed by atoms with Crippen LogP contribution in [0, 0.1) is 19.8 Å².